The summed E-state index contributed by atoms with van der Waals surface area (Å²) in [5.41, 5.74) is 0.706. The normalized spacial score (nSPS) is 10.3. The van der Waals surface area contributed by atoms with Crippen molar-refractivity contribution in [2.24, 2.45) is 0 Å². The third kappa shape index (κ3) is 3.37. The molecule has 18 heavy (non-hydrogen) atoms. The summed E-state index contributed by atoms with van der Waals surface area (Å²) in [5, 5.41) is 0.683. The Morgan fingerprint density at radius 1 is 1.11 bits per heavy atom. The van der Waals surface area contributed by atoms with Crippen molar-refractivity contribution in [3.63, 3.8) is 0 Å². The number of carbonyl (C=O) groups is 1. The van der Waals surface area contributed by atoms with E-state index in [4.69, 9.17) is 11.6 Å². The largest absolute Gasteiger partial charge is 0.293 e. The Balaban J connectivity index is 2.06. The van der Waals surface area contributed by atoms with Gasteiger partial charge in [-0.25, -0.2) is 0 Å². The predicted molar refractivity (Wildman–Crippen MR) is 80.6 cm³/mol. The van der Waals surface area contributed by atoms with Crippen LogP contribution in [0.25, 0.3) is 0 Å². The molecule has 0 heterocycles. The molecule has 0 fully saturated rings. The van der Waals surface area contributed by atoms with Gasteiger partial charge in [0.15, 0.2) is 5.78 Å². The number of halogens is 2. The summed E-state index contributed by atoms with van der Waals surface area (Å²) in [6.45, 7) is 0. The molecule has 2 aromatic carbocycles. The number of hydrogen-bond acceptors (Lipinski definition) is 2. The minimum atomic E-state index is 0.0902. The van der Waals surface area contributed by atoms with E-state index >= 15 is 0 Å². The lowest BCUT2D eigenvalue weighted by Crippen LogP contribution is -2.03. The van der Waals surface area contributed by atoms with Crippen LogP contribution in [0.5, 0.6) is 0 Å². The molecule has 0 aliphatic rings. The quantitative estimate of drug-likeness (QED) is 0.570. The first-order valence-electron chi connectivity index (χ1n) is 5.33. The second-order valence-corrected chi connectivity index (χ2v) is 5.90. The molecule has 92 valence electrons. The lowest BCUT2D eigenvalue weighted by molar-refractivity contribution is 0.102. The average molecular weight is 342 g/mol. The van der Waals surface area contributed by atoms with Crippen LogP contribution in [0.1, 0.15) is 10.4 Å². The lowest BCUT2D eigenvalue weighted by Gasteiger charge is -2.05. The first-order chi connectivity index (χ1) is 8.68. The van der Waals surface area contributed by atoms with Gasteiger partial charge in [-0.1, -0.05) is 57.9 Å². The second-order valence-electron chi connectivity index (χ2n) is 3.62. The van der Waals surface area contributed by atoms with Gasteiger partial charge >= 0.3 is 0 Å². The van der Waals surface area contributed by atoms with Crippen molar-refractivity contribution in [3.05, 3.63) is 63.6 Å². The summed E-state index contributed by atoms with van der Waals surface area (Å²) in [7, 11) is 0. The zero-order valence-corrected chi connectivity index (χ0v) is 12.6. The molecular weight excluding hydrogens is 332 g/mol. The SMILES string of the molecule is O=C(CSc1ccccc1Cl)c1ccccc1Br. The van der Waals surface area contributed by atoms with Crippen LogP contribution in [0.4, 0.5) is 0 Å². The van der Waals surface area contributed by atoms with E-state index in [9.17, 15) is 4.79 Å². The van der Waals surface area contributed by atoms with Crippen molar-refractivity contribution in [1.82, 2.24) is 0 Å². The predicted octanol–water partition coefficient (Wildman–Crippen LogP) is 5.08. The molecule has 0 aliphatic heterocycles. The smallest absolute Gasteiger partial charge is 0.174 e. The van der Waals surface area contributed by atoms with Gasteiger partial charge in [-0.15, -0.1) is 11.8 Å². The highest BCUT2D eigenvalue weighted by atomic mass is 79.9. The minimum Gasteiger partial charge on any atom is -0.293 e. The van der Waals surface area contributed by atoms with Gasteiger partial charge in [0.2, 0.25) is 0 Å². The molecule has 0 radical (unpaired) electrons. The Morgan fingerprint density at radius 2 is 1.78 bits per heavy atom. The Morgan fingerprint density at radius 3 is 2.50 bits per heavy atom. The summed E-state index contributed by atoms with van der Waals surface area (Å²) in [4.78, 5) is 13.0. The molecule has 0 N–H and O–H groups in total. The molecule has 0 atom stereocenters. The highest BCUT2D eigenvalue weighted by molar-refractivity contribution is 9.10. The van der Waals surface area contributed by atoms with Crippen LogP contribution in [-0.2, 0) is 0 Å². The standard InChI is InChI=1S/C14H10BrClOS/c15-11-6-2-1-5-10(11)13(17)9-18-14-8-4-3-7-12(14)16/h1-8H,9H2. The Labute approximate surface area is 124 Å². The number of ketones is 1. The number of carbonyl (C=O) groups excluding carboxylic acids is 1. The maximum Gasteiger partial charge on any atom is 0.174 e. The maximum atomic E-state index is 12.1. The van der Waals surface area contributed by atoms with Crippen molar-refractivity contribution in [1.29, 1.82) is 0 Å². The fourth-order valence-corrected chi connectivity index (χ4v) is 3.10. The van der Waals surface area contributed by atoms with Gasteiger partial charge in [0.05, 0.1) is 10.8 Å². The minimum absolute atomic E-state index is 0.0902. The van der Waals surface area contributed by atoms with Gasteiger partial charge in [0.1, 0.15) is 0 Å². The number of hydrogen-bond donors (Lipinski definition) is 0. The summed E-state index contributed by atoms with van der Waals surface area (Å²) in [6, 6.07) is 15.0. The van der Waals surface area contributed by atoms with Crippen molar-refractivity contribution in [2.45, 2.75) is 4.90 Å². The number of rotatable bonds is 4. The lowest BCUT2D eigenvalue weighted by atomic mass is 10.1. The highest BCUT2D eigenvalue weighted by Crippen LogP contribution is 2.28. The van der Waals surface area contributed by atoms with Crippen molar-refractivity contribution < 1.29 is 4.79 Å². The highest BCUT2D eigenvalue weighted by Gasteiger charge is 2.10. The summed E-state index contributed by atoms with van der Waals surface area (Å²) in [6.07, 6.45) is 0. The fraction of sp³-hybridized carbons (Fsp3) is 0.0714. The molecule has 0 spiro atoms. The zero-order chi connectivity index (χ0) is 13.0. The van der Waals surface area contributed by atoms with Gasteiger partial charge in [-0.05, 0) is 18.2 Å². The van der Waals surface area contributed by atoms with E-state index in [2.05, 4.69) is 15.9 Å². The van der Waals surface area contributed by atoms with E-state index in [0.717, 1.165) is 9.37 Å². The molecule has 0 saturated carbocycles. The zero-order valence-electron chi connectivity index (χ0n) is 9.40. The van der Waals surface area contributed by atoms with Crippen molar-refractivity contribution >= 4 is 45.1 Å². The Kier molecular flexibility index (Phi) is 4.87. The van der Waals surface area contributed by atoms with Gasteiger partial charge < -0.3 is 0 Å². The summed E-state index contributed by atoms with van der Waals surface area (Å²) < 4.78 is 0.828. The monoisotopic (exact) mass is 340 g/mol. The molecule has 0 aromatic heterocycles. The molecule has 4 heteroatoms. The van der Waals surface area contributed by atoms with Crippen LogP contribution in [0.3, 0.4) is 0 Å². The molecule has 1 nitrogen and oxygen atoms in total. The van der Waals surface area contributed by atoms with E-state index in [1.165, 1.54) is 11.8 Å². The Bertz CT molecular complexity index is 571. The van der Waals surface area contributed by atoms with Crippen LogP contribution >= 0.6 is 39.3 Å². The number of Topliss-reactive ketones (excluding diaryl/α,β-unsaturated/α-hetero) is 1. The average Bonchev–Trinajstić information content (AvgIpc) is 2.38. The van der Waals surface area contributed by atoms with E-state index in [0.29, 0.717) is 16.3 Å². The summed E-state index contributed by atoms with van der Waals surface area (Å²) in [5.74, 6) is 0.471. The van der Waals surface area contributed by atoms with E-state index in [-0.39, 0.29) is 5.78 Å². The first-order valence-corrected chi connectivity index (χ1v) is 7.49. The van der Waals surface area contributed by atoms with E-state index in [1.54, 1.807) is 0 Å². The van der Waals surface area contributed by atoms with Gasteiger partial charge in [-0.2, -0.15) is 0 Å². The van der Waals surface area contributed by atoms with Gasteiger partial charge in [0.25, 0.3) is 0 Å². The van der Waals surface area contributed by atoms with E-state index < -0.39 is 0 Å². The Hall–Kier alpha value is -0.770. The van der Waals surface area contributed by atoms with Gasteiger partial charge in [0, 0.05) is 14.9 Å². The topological polar surface area (TPSA) is 17.1 Å². The van der Waals surface area contributed by atoms with Crippen molar-refractivity contribution in [2.75, 3.05) is 5.75 Å². The number of thioether (sulfide) groups is 1. The third-order valence-corrected chi connectivity index (χ3v) is 4.58. The first kappa shape index (κ1) is 13.7. The van der Waals surface area contributed by atoms with Crippen molar-refractivity contribution in [3.8, 4) is 0 Å². The van der Waals surface area contributed by atoms with Gasteiger partial charge in [-0.3, -0.25) is 4.79 Å². The maximum absolute atomic E-state index is 12.1. The molecule has 0 saturated heterocycles. The van der Waals surface area contributed by atoms with Crippen LogP contribution in [0.2, 0.25) is 5.02 Å². The van der Waals surface area contributed by atoms with Crippen LogP contribution in [0.15, 0.2) is 57.9 Å². The molecule has 0 bridgehead atoms. The molecule has 0 amide bonds. The molecular formula is C14H10BrClOS. The third-order valence-electron chi connectivity index (χ3n) is 2.37. The molecule has 0 unspecified atom stereocenters. The summed E-state index contributed by atoms with van der Waals surface area (Å²) >= 11 is 10.9. The second kappa shape index (κ2) is 6.41. The van der Waals surface area contributed by atoms with Crippen LogP contribution in [0, 0.1) is 0 Å². The van der Waals surface area contributed by atoms with Crippen LogP contribution < -0.4 is 0 Å². The van der Waals surface area contributed by atoms with E-state index in [1.807, 2.05) is 48.5 Å². The van der Waals surface area contributed by atoms with Crippen LogP contribution in [-0.4, -0.2) is 11.5 Å². The number of benzene rings is 2. The molecule has 2 rings (SSSR count). The fourth-order valence-electron chi connectivity index (χ4n) is 1.47. The molecule has 2 aromatic rings. The molecule has 0 aliphatic carbocycles.